The molecule has 0 radical (unpaired) electrons. The fourth-order valence-corrected chi connectivity index (χ4v) is 1.91. The van der Waals surface area contributed by atoms with Crippen LogP contribution >= 0.6 is 0 Å². The van der Waals surface area contributed by atoms with Gasteiger partial charge in [0.2, 0.25) is 0 Å². The molecule has 7 nitrogen and oxygen atoms in total. The molecule has 18 heavy (non-hydrogen) atoms. The molecule has 2 heterocycles. The van der Waals surface area contributed by atoms with Crippen LogP contribution in [0.2, 0.25) is 0 Å². The molecule has 1 aromatic heterocycles. The van der Waals surface area contributed by atoms with Gasteiger partial charge in [-0.25, -0.2) is 9.18 Å². The Balaban J connectivity index is 2.42. The number of aromatic amines is 1. The van der Waals surface area contributed by atoms with E-state index < -0.39 is 42.3 Å². The van der Waals surface area contributed by atoms with Gasteiger partial charge in [0.15, 0.2) is 6.17 Å². The van der Waals surface area contributed by atoms with E-state index in [0.717, 1.165) is 10.8 Å². The lowest BCUT2D eigenvalue weighted by molar-refractivity contribution is -0.0231. The highest BCUT2D eigenvalue weighted by Gasteiger charge is 2.45. The highest BCUT2D eigenvalue weighted by Crippen LogP contribution is 2.33. The molecule has 1 aromatic rings. The van der Waals surface area contributed by atoms with Gasteiger partial charge < -0.3 is 19.5 Å². The summed E-state index contributed by atoms with van der Waals surface area (Å²) in [6, 6.07) is 0. The quantitative estimate of drug-likeness (QED) is 0.582. The second kappa shape index (κ2) is 4.63. The molecule has 1 aliphatic heterocycles. The van der Waals surface area contributed by atoms with Crippen LogP contribution < -0.4 is 11.2 Å². The van der Waals surface area contributed by atoms with E-state index in [2.05, 4.69) is 0 Å². The molecule has 0 spiro atoms. The second-order valence-electron chi connectivity index (χ2n) is 4.17. The van der Waals surface area contributed by atoms with E-state index in [4.69, 9.17) is 9.84 Å². The van der Waals surface area contributed by atoms with Gasteiger partial charge in [0.1, 0.15) is 18.3 Å². The molecule has 0 bridgehead atoms. The number of nitrogens with one attached hydrogen (secondary N) is 1. The van der Waals surface area contributed by atoms with Gasteiger partial charge in [0.05, 0.1) is 12.2 Å². The Kier molecular flexibility index (Phi) is 3.33. The number of aliphatic hydroxyl groups excluding tert-OH is 2. The summed E-state index contributed by atoms with van der Waals surface area (Å²) in [6.07, 6.45) is -4.56. The molecular weight excluding hydrogens is 247 g/mol. The topological polar surface area (TPSA) is 105 Å². The Hall–Kier alpha value is -1.51. The summed E-state index contributed by atoms with van der Waals surface area (Å²) in [5.74, 6) is 0. The number of alkyl halides is 1. The van der Waals surface area contributed by atoms with E-state index in [1.54, 1.807) is 0 Å². The van der Waals surface area contributed by atoms with E-state index in [1.165, 1.54) is 7.05 Å². The van der Waals surface area contributed by atoms with Crippen molar-refractivity contribution in [3.8, 4) is 0 Å². The average molecular weight is 260 g/mol. The standard InChI is InChI=1S/C10H13FN2O5/c1-13-2-4(9(16)12-10(13)17)8-6(11)7(15)5(3-14)18-8/h2,5-8,14-15H,3H2,1H3,(H,12,16,17)/t5-,6+,7-,8?/m1/s1. The number of aliphatic hydroxyl groups is 2. The predicted molar refractivity (Wildman–Crippen MR) is 57.9 cm³/mol. The van der Waals surface area contributed by atoms with Crippen molar-refractivity contribution in [2.24, 2.45) is 7.05 Å². The minimum atomic E-state index is -1.83. The third-order valence-corrected chi connectivity index (χ3v) is 2.94. The fourth-order valence-electron chi connectivity index (χ4n) is 1.91. The van der Waals surface area contributed by atoms with Crippen molar-refractivity contribution in [3.05, 3.63) is 32.6 Å². The van der Waals surface area contributed by atoms with Crippen molar-refractivity contribution >= 4 is 0 Å². The number of nitrogens with zero attached hydrogens (tertiary/aromatic N) is 1. The fraction of sp³-hybridized carbons (Fsp3) is 0.600. The van der Waals surface area contributed by atoms with Crippen molar-refractivity contribution in [2.75, 3.05) is 6.61 Å². The zero-order valence-electron chi connectivity index (χ0n) is 9.54. The first-order chi connectivity index (χ1) is 8.45. The summed E-state index contributed by atoms with van der Waals surface area (Å²) in [5.41, 5.74) is -1.49. The Labute approximate surface area is 100 Å². The van der Waals surface area contributed by atoms with Gasteiger partial charge in [-0.1, -0.05) is 0 Å². The van der Waals surface area contributed by atoms with Gasteiger partial charge in [-0.05, 0) is 0 Å². The van der Waals surface area contributed by atoms with E-state index in [0.29, 0.717) is 0 Å². The van der Waals surface area contributed by atoms with E-state index in [9.17, 15) is 19.1 Å². The molecule has 1 aliphatic rings. The lowest BCUT2D eigenvalue weighted by Gasteiger charge is -2.12. The van der Waals surface area contributed by atoms with Gasteiger partial charge in [0.25, 0.3) is 5.56 Å². The number of aromatic nitrogens is 2. The molecule has 0 amide bonds. The minimum absolute atomic E-state index is 0.0976. The van der Waals surface area contributed by atoms with Gasteiger partial charge >= 0.3 is 5.69 Å². The Morgan fingerprint density at radius 1 is 1.56 bits per heavy atom. The lowest BCUT2D eigenvalue weighted by atomic mass is 10.1. The molecule has 8 heteroatoms. The summed E-state index contributed by atoms with van der Waals surface area (Å²) in [5, 5.41) is 18.4. The third-order valence-electron chi connectivity index (χ3n) is 2.94. The maximum absolute atomic E-state index is 13.8. The van der Waals surface area contributed by atoms with Crippen molar-refractivity contribution in [1.82, 2.24) is 9.55 Å². The molecule has 4 atom stereocenters. The Morgan fingerprint density at radius 2 is 2.22 bits per heavy atom. The number of H-pyrrole nitrogens is 1. The van der Waals surface area contributed by atoms with Gasteiger partial charge in [0, 0.05) is 13.2 Å². The number of hydrogen-bond donors (Lipinski definition) is 3. The second-order valence-corrected chi connectivity index (χ2v) is 4.17. The molecule has 1 fully saturated rings. The number of hydrogen-bond acceptors (Lipinski definition) is 5. The molecule has 1 unspecified atom stereocenters. The number of rotatable bonds is 2. The minimum Gasteiger partial charge on any atom is -0.394 e. The van der Waals surface area contributed by atoms with Crippen molar-refractivity contribution in [1.29, 1.82) is 0 Å². The van der Waals surface area contributed by atoms with Crippen LogP contribution in [0.25, 0.3) is 0 Å². The predicted octanol–water partition coefficient (Wildman–Crippen LogP) is -1.80. The number of aryl methyl sites for hydroxylation is 1. The van der Waals surface area contributed by atoms with E-state index in [-0.39, 0.29) is 5.56 Å². The van der Waals surface area contributed by atoms with Crippen LogP contribution in [-0.2, 0) is 11.8 Å². The number of halogens is 1. The highest BCUT2D eigenvalue weighted by atomic mass is 19.1. The van der Waals surface area contributed by atoms with Crippen molar-refractivity contribution < 1.29 is 19.3 Å². The first kappa shape index (κ1) is 12.9. The SMILES string of the molecule is Cn1cc(C2O[C@H](CO)[C@@H](O)[C@@H]2F)c(=O)[nH]c1=O. The summed E-state index contributed by atoms with van der Waals surface area (Å²) >= 11 is 0. The van der Waals surface area contributed by atoms with Gasteiger partial charge in [-0.15, -0.1) is 0 Å². The summed E-state index contributed by atoms with van der Waals surface area (Å²) in [7, 11) is 1.39. The third kappa shape index (κ3) is 1.98. The smallest absolute Gasteiger partial charge is 0.328 e. The maximum Gasteiger partial charge on any atom is 0.328 e. The first-order valence-electron chi connectivity index (χ1n) is 5.34. The summed E-state index contributed by atoms with van der Waals surface area (Å²) < 4.78 is 20.0. The van der Waals surface area contributed by atoms with Crippen LogP contribution in [0.15, 0.2) is 15.8 Å². The number of ether oxygens (including phenoxy) is 1. The van der Waals surface area contributed by atoms with Crippen LogP contribution in [0.5, 0.6) is 0 Å². The van der Waals surface area contributed by atoms with E-state index in [1.807, 2.05) is 4.98 Å². The zero-order valence-corrected chi connectivity index (χ0v) is 9.54. The van der Waals surface area contributed by atoms with Crippen LogP contribution in [0, 0.1) is 0 Å². The summed E-state index contributed by atoms with van der Waals surface area (Å²) in [6.45, 7) is -0.554. The largest absolute Gasteiger partial charge is 0.394 e. The Bertz CT molecular complexity index is 554. The highest BCUT2D eigenvalue weighted by molar-refractivity contribution is 5.14. The zero-order chi connectivity index (χ0) is 13.4. The van der Waals surface area contributed by atoms with Gasteiger partial charge in [-0.2, -0.15) is 0 Å². The molecule has 0 aliphatic carbocycles. The molecular formula is C10H13FN2O5. The maximum atomic E-state index is 13.8. The molecule has 1 saturated heterocycles. The van der Waals surface area contributed by atoms with Crippen LogP contribution in [0.3, 0.4) is 0 Å². The van der Waals surface area contributed by atoms with Crippen molar-refractivity contribution in [2.45, 2.75) is 24.5 Å². The average Bonchev–Trinajstić information content (AvgIpc) is 2.61. The van der Waals surface area contributed by atoms with Crippen LogP contribution in [0.4, 0.5) is 4.39 Å². The lowest BCUT2D eigenvalue weighted by Crippen LogP contribution is -2.33. The van der Waals surface area contributed by atoms with Crippen LogP contribution in [-0.4, -0.2) is 44.8 Å². The Morgan fingerprint density at radius 3 is 2.78 bits per heavy atom. The molecule has 2 rings (SSSR count). The van der Waals surface area contributed by atoms with E-state index >= 15 is 0 Å². The molecule has 0 aromatic carbocycles. The van der Waals surface area contributed by atoms with Gasteiger partial charge in [-0.3, -0.25) is 9.78 Å². The first-order valence-corrected chi connectivity index (χ1v) is 5.34. The normalized spacial score (nSPS) is 31.8. The molecule has 100 valence electrons. The molecule has 3 N–H and O–H groups in total. The van der Waals surface area contributed by atoms with Crippen LogP contribution in [0.1, 0.15) is 11.7 Å². The van der Waals surface area contributed by atoms with Crippen molar-refractivity contribution in [3.63, 3.8) is 0 Å². The molecule has 0 saturated carbocycles. The summed E-state index contributed by atoms with van der Waals surface area (Å²) in [4.78, 5) is 24.7. The monoisotopic (exact) mass is 260 g/mol.